The van der Waals surface area contributed by atoms with Crippen LogP contribution in [0.2, 0.25) is 0 Å². The molecule has 12 nitrogen and oxygen atoms in total. The van der Waals surface area contributed by atoms with E-state index in [1.54, 1.807) is 12.1 Å². The average Bonchev–Trinajstić information content (AvgIpc) is 3.65. The van der Waals surface area contributed by atoms with Crippen molar-refractivity contribution in [3.05, 3.63) is 34.9 Å². The first-order valence-electron chi connectivity index (χ1n) is 12.6. The van der Waals surface area contributed by atoms with Gasteiger partial charge in [-0.05, 0) is 35.7 Å². The quantitative estimate of drug-likeness (QED) is 0.420. The van der Waals surface area contributed by atoms with Gasteiger partial charge >= 0.3 is 5.97 Å². The van der Waals surface area contributed by atoms with Crippen molar-refractivity contribution < 1.29 is 58.0 Å². The third-order valence-electron chi connectivity index (χ3n) is 7.92. The third kappa shape index (κ3) is 4.01. The maximum absolute atomic E-state index is 13.1. The van der Waals surface area contributed by atoms with E-state index in [1.165, 1.54) is 21.3 Å². The van der Waals surface area contributed by atoms with Crippen molar-refractivity contribution in [1.82, 2.24) is 0 Å². The molecule has 12 heteroatoms. The first-order chi connectivity index (χ1) is 18.9. The summed E-state index contributed by atoms with van der Waals surface area (Å²) in [6.45, 7) is -0.310. The second kappa shape index (κ2) is 9.94. The van der Waals surface area contributed by atoms with Crippen molar-refractivity contribution in [1.29, 1.82) is 0 Å². The smallest absolute Gasteiger partial charge is 0.310 e. The number of fused-ring (bicyclic) bond motifs is 3. The van der Waals surface area contributed by atoms with Gasteiger partial charge in [0.15, 0.2) is 23.0 Å². The molecule has 0 saturated carbocycles. The van der Waals surface area contributed by atoms with Gasteiger partial charge in [-0.1, -0.05) is 0 Å². The van der Waals surface area contributed by atoms with E-state index in [1.807, 2.05) is 6.07 Å². The van der Waals surface area contributed by atoms with E-state index >= 15 is 0 Å². The largest absolute Gasteiger partial charge is 0.493 e. The average molecular weight is 547 g/mol. The maximum atomic E-state index is 13.1. The number of rotatable bonds is 7. The molecular formula is C27H30O12. The molecule has 6 rings (SSSR count). The van der Waals surface area contributed by atoms with Crippen LogP contribution in [0.3, 0.4) is 0 Å². The summed E-state index contributed by atoms with van der Waals surface area (Å²) >= 11 is 0. The van der Waals surface area contributed by atoms with E-state index in [9.17, 15) is 20.1 Å². The van der Waals surface area contributed by atoms with Crippen molar-refractivity contribution in [3.8, 4) is 34.5 Å². The molecular weight excluding hydrogens is 516 g/mol. The Balaban J connectivity index is 1.51. The molecule has 0 bridgehead atoms. The van der Waals surface area contributed by atoms with Gasteiger partial charge in [0, 0.05) is 17.4 Å². The monoisotopic (exact) mass is 546 g/mol. The number of hydrogen-bond donors (Lipinski definition) is 3. The number of hydrogen-bond acceptors (Lipinski definition) is 12. The number of methoxy groups -OCH3 is 3. The fourth-order valence-corrected chi connectivity index (χ4v) is 6.06. The highest BCUT2D eigenvalue weighted by Gasteiger charge is 2.51. The molecule has 7 unspecified atom stereocenters. The van der Waals surface area contributed by atoms with Crippen molar-refractivity contribution >= 4 is 5.97 Å². The molecule has 2 saturated heterocycles. The highest BCUT2D eigenvalue weighted by Crippen LogP contribution is 2.56. The molecule has 3 heterocycles. The van der Waals surface area contributed by atoms with Crippen LogP contribution in [0.4, 0.5) is 0 Å². The SMILES string of the molecule is COc1cc(C2c3cc4c(c(OC5OC(CO)C(O)C5O)c3CC3COC(=O)C32)OCO4)cc(OC)c1OC. The second-order valence-corrected chi connectivity index (χ2v) is 9.89. The van der Waals surface area contributed by atoms with Gasteiger partial charge in [-0.2, -0.15) is 0 Å². The van der Waals surface area contributed by atoms with Crippen molar-refractivity contribution in [3.63, 3.8) is 0 Å². The van der Waals surface area contributed by atoms with Crippen LogP contribution in [0.15, 0.2) is 18.2 Å². The zero-order valence-corrected chi connectivity index (χ0v) is 21.6. The topological polar surface area (TPSA) is 152 Å². The summed E-state index contributed by atoms with van der Waals surface area (Å²) < 4.78 is 45.4. The van der Waals surface area contributed by atoms with Gasteiger partial charge in [-0.3, -0.25) is 4.79 Å². The molecule has 2 aromatic carbocycles. The summed E-state index contributed by atoms with van der Waals surface area (Å²) in [6.07, 6.45) is -4.59. The number of cyclic esters (lactones) is 1. The fraction of sp³-hybridized carbons (Fsp3) is 0.519. The van der Waals surface area contributed by atoms with E-state index in [-0.39, 0.29) is 31.0 Å². The van der Waals surface area contributed by atoms with Gasteiger partial charge in [-0.25, -0.2) is 0 Å². The van der Waals surface area contributed by atoms with Gasteiger partial charge in [-0.15, -0.1) is 0 Å². The first kappa shape index (κ1) is 25.8. The highest BCUT2D eigenvalue weighted by molar-refractivity contribution is 5.79. The molecule has 4 aliphatic rings. The van der Waals surface area contributed by atoms with Gasteiger partial charge in [0.25, 0.3) is 0 Å². The summed E-state index contributed by atoms with van der Waals surface area (Å²) in [6, 6.07) is 5.44. The van der Waals surface area contributed by atoms with Crippen molar-refractivity contribution in [2.45, 2.75) is 36.9 Å². The number of carbonyl (C=O) groups excluding carboxylic acids is 1. The number of benzene rings is 2. The molecule has 3 N–H and O–H groups in total. The normalized spacial score (nSPS) is 30.4. The molecule has 0 radical (unpaired) electrons. The lowest BCUT2D eigenvalue weighted by Gasteiger charge is -2.35. The molecule has 0 aromatic heterocycles. The minimum Gasteiger partial charge on any atom is -0.493 e. The molecule has 210 valence electrons. The molecule has 3 aliphatic heterocycles. The molecule has 2 aromatic rings. The predicted octanol–water partition coefficient (Wildman–Crippen LogP) is 0.736. The van der Waals surface area contributed by atoms with Gasteiger partial charge in [0.05, 0.1) is 40.5 Å². The number of aliphatic hydroxyl groups excluding tert-OH is 3. The Hall–Kier alpha value is -3.45. The lowest BCUT2D eigenvalue weighted by molar-refractivity contribution is -0.141. The van der Waals surface area contributed by atoms with Crippen LogP contribution in [0.5, 0.6) is 34.5 Å². The Kier molecular flexibility index (Phi) is 6.58. The molecule has 2 fully saturated rings. The minimum atomic E-state index is -1.41. The van der Waals surface area contributed by atoms with Crippen LogP contribution < -0.4 is 28.4 Å². The predicted molar refractivity (Wildman–Crippen MR) is 131 cm³/mol. The Morgan fingerprint density at radius 3 is 2.33 bits per heavy atom. The molecule has 7 atom stereocenters. The summed E-state index contributed by atoms with van der Waals surface area (Å²) in [5.41, 5.74) is 2.21. The number of carbonyl (C=O) groups is 1. The first-order valence-corrected chi connectivity index (χ1v) is 12.6. The summed E-state index contributed by atoms with van der Waals surface area (Å²) in [7, 11) is 4.56. The van der Waals surface area contributed by atoms with E-state index in [2.05, 4.69) is 0 Å². The van der Waals surface area contributed by atoms with Crippen LogP contribution in [0, 0.1) is 11.8 Å². The van der Waals surface area contributed by atoms with Crippen LogP contribution >= 0.6 is 0 Å². The Bertz CT molecular complexity index is 1250. The molecule has 39 heavy (non-hydrogen) atoms. The molecule has 0 spiro atoms. The zero-order chi connectivity index (χ0) is 27.4. The minimum absolute atomic E-state index is 0.0473. The molecule has 0 amide bonds. The van der Waals surface area contributed by atoms with E-state index < -0.39 is 43.0 Å². The van der Waals surface area contributed by atoms with Gasteiger partial charge < -0.3 is 53.2 Å². The third-order valence-corrected chi connectivity index (χ3v) is 7.92. The molecule has 1 aliphatic carbocycles. The summed E-state index contributed by atoms with van der Waals surface area (Å²) in [5, 5.41) is 30.4. The van der Waals surface area contributed by atoms with E-state index in [0.717, 1.165) is 16.7 Å². The summed E-state index contributed by atoms with van der Waals surface area (Å²) in [4.78, 5) is 13.1. The van der Waals surface area contributed by atoms with E-state index in [4.69, 9.17) is 37.9 Å². The second-order valence-electron chi connectivity index (χ2n) is 9.89. The van der Waals surface area contributed by atoms with Crippen LogP contribution in [-0.4, -0.2) is 87.2 Å². The number of esters is 1. The number of ether oxygens (including phenoxy) is 8. The van der Waals surface area contributed by atoms with Crippen LogP contribution in [0.1, 0.15) is 22.6 Å². The lowest BCUT2D eigenvalue weighted by atomic mass is 9.67. The maximum Gasteiger partial charge on any atom is 0.310 e. The lowest BCUT2D eigenvalue weighted by Crippen LogP contribution is -2.36. The summed E-state index contributed by atoms with van der Waals surface area (Å²) in [5.74, 6) is 0.823. The fourth-order valence-electron chi connectivity index (χ4n) is 6.06. The Morgan fingerprint density at radius 1 is 0.949 bits per heavy atom. The van der Waals surface area contributed by atoms with Crippen molar-refractivity contribution in [2.24, 2.45) is 11.8 Å². The van der Waals surface area contributed by atoms with Crippen molar-refractivity contribution in [2.75, 3.05) is 41.3 Å². The van der Waals surface area contributed by atoms with Gasteiger partial charge in [0.1, 0.15) is 18.3 Å². The standard InChI is InChI=1S/C27H30O12/c1-32-15-5-11(6-16(33-2)24(15)34-3)19-13-7-17-25(37-10-36-17)23(14(13)4-12-9-35-26(31)20(12)19)39-27-22(30)21(29)18(8-28)38-27/h5-7,12,18-22,27-30H,4,8-10H2,1-3H3. The highest BCUT2D eigenvalue weighted by atomic mass is 16.7. The Morgan fingerprint density at radius 2 is 1.69 bits per heavy atom. The zero-order valence-electron chi connectivity index (χ0n) is 21.6. The Labute approximate surface area is 223 Å². The van der Waals surface area contributed by atoms with E-state index in [0.29, 0.717) is 35.2 Å². The van der Waals surface area contributed by atoms with Crippen LogP contribution in [-0.2, 0) is 20.7 Å². The number of aliphatic hydroxyl groups is 3. The van der Waals surface area contributed by atoms with Gasteiger partial charge in [0.2, 0.25) is 24.6 Å². The van der Waals surface area contributed by atoms with Crippen LogP contribution in [0.25, 0.3) is 0 Å².